The molecule has 0 fully saturated rings. The van der Waals surface area contributed by atoms with Crippen molar-refractivity contribution >= 4 is 28.2 Å². The first-order valence-electron chi connectivity index (χ1n) is 9.00. The van der Waals surface area contributed by atoms with Gasteiger partial charge in [0.15, 0.2) is 0 Å². The Kier molecular flexibility index (Phi) is 6.66. The van der Waals surface area contributed by atoms with E-state index in [0.29, 0.717) is 28.2 Å². The van der Waals surface area contributed by atoms with E-state index in [2.05, 4.69) is 15.6 Å². The number of aromatic nitrogens is 1. The van der Waals surface area contributed by atoms with Crippen molar-refractivity contribution in [3.63, 3.8) is 0 Å². The third-order valence-electron chi connectivity index (χ3n) is 4.29. The summed E-state index contributed by atoms with van der Waals surface area (Å²) in [5.41, 5.74) is 3.36. The van der Waals surface area contributed by atoms with E-state index in [-0.39, 0.29) is 6.42 Å². The number of halogens is 2. The number of hydrogen-bond donors (Lipinski definition) is 2. The smallest absolute Gasteiger partial charge is 0.314 e. The number of nitrogens with one attached hydrogen (secondary N) is 2. The molecule has 150 valence electrons. The lowest BCUT2D eigenvalue weighted by Crippen LogP contribution is -2.38. The van der Waals surface area contributed by atoms with Gasteiger partial charge in [-0.15, -0.1) is 11.3 Å². The van der Waals surface area contributed by atoms with E-state index in [1.165, 1.54) is 41.7 Å². The van der Waals surface area contributed by atoms with E-state index in [1.54, 1.807) is 23.7 Å². The Morgan fingerprint density at radius 3 is 2.48 bits per heavy atom. The van der Waals surface area contributed by atoms with E-state index >= 15 is 0 Å². The SMILES string of the molecule is CCc1ncsc1NC(=O)C(=O)N[C@@H](Cc1cccc(F)c1)c1cccc(F)c1. The first-order chi connectivity index (χ1) is 14.0. The first-order valence-corrected chi connectivity index (χ1v) is 9.88. The van der Waals surface area contributed by atoms with Crippen molar-refractivity contribution in [2.45, 2.75) is 25.8 Å². The summed E-state index contributed by atoms with van der Waals surface area (Å²) >= 11 is 1.23. The lowest BCUT2D eigenvalue weighted by molar-refractivity contribution is -0.136. The van der Waals surface area contributed by atoms with Crippen LogP contribution in [-0.2, 0) is 22.4 Å². The summed E-state index contributed by atoms with van der Waals surface area (Å²) in [5, 5.41) is 5.69. The third-order valence-corrected chi connectivity index (χ3v) is 5.08. The highest BCUT2D eigenvalue weighted by Crippen LogP contribution is 2.22. The van der Waals surface area contributed by atoms with Gasteiger partial charge in [0.2, 0.25) is 0 Å². The summed E-state index contributed by atoms with van der Waals surface area (Å²) in [7, 11) is 0. The number of anilines is 1. The zero-order valence-corrected chi connectivity index (χ0v) is 16.4. The van der Waals surface area contributed by atoms with Crippen molar-refractivity contribution in [1.82, 2.24) is 10.3 Å². The molecule has 0 unspecified atom stereocenters. The van der Waals surface area contributed by atoms with Gasteiger partial charge in [0, 0.05) is 0 Å². The maximum Gasteiger partial charge on any atom is 0.314 e. The molecule has 2 amide bonds. The van der Waals surface area contributed by atoms with Gasteiger partial charge in [-0.1, -0.05) is 31.2 Å². The highest BCUT2D eigenvalue weighted by atomic mass is 32.1. The highest BCUT2D eigenvalue weighted by Gasteiger charge is 2.22. The van der Waals surface area contributed by atoms with Crippen LogP contribution in [0.15, 0.2) is 54.0 Å². The molecule has 1 atom stereocenters. The summed E-state index contributed by atoms with van der Waals surface area (Å²) in [6.07, 6.45) is 0.813. The summed E-state index contributed by atoms with van der Waals surface area (Å²) < 4.78 is 27.2. The monoisotopic (exact) mass is 415 g/mol. The van der Waals surface area contributed by atoms with Crippen molar-refractivity contribution in [1.29, 1.82) is 0 Å². The molecule has 0 aliphatic rings. The molecule has 3 rings (SSSR count). The van der Waals surface area contributed by atoms with Crippen LogP contribution in [0.5, 0.6) is 0 Å². The molecule has 5 nitrogen and oxygen atoms in total. The van der Waals surface area contributed by atoms with E-state index in [0.717, 1.165) is 0 Å². The Bertz CT molecular complexity index is 1020. The molecule has 0 saturated carbocycles. The van der Waals surface area contributed by atoms with E-state index in [1.807, 2.05) is 6.92 Å². The summed E-state index contributed by atoms with van der Waals surface area (Å²) in [6.45, 7) is 1.89. The van der Waals surface area contributed by atoms with Crippen molar-refractivity contribution in [2.75, 3.05) is 5.32 Å². The minimum atomic E-state index is -0.869. The number of carbonyl (C=O) groups excluding carboxylic acids is 2. The van der Waals surface area contributed by atoms with Gasteiger partial charge >= 0.3 is 11.8 Å². The number of hydrogen-bond acceptors (Lipinski definition) is 4. The molecule has 0 radical (unpaired) electrons. The molecule has 1 aromatic heterocycles. The van der Waals surface area contributed by atoms with E-state index in [4.69, 9.17) is 0 Å². The molecule has 29 heavy (non-hydrogen) atoms. The fourth-order valence-electron chi connectivity index (χ4n) is 2.88. The Balaban J connectivity index is 1.78. The van der Waals surface area contributed by atoms with Gasteiger partial charge in [-0.3, -0.25) is 9.59 Å². The van der Waals surface area contributed by atoms with Gasteiger partial charge in [-0.05, 0) is 48.2 Å². The molecular formula is C21H19F2N3O2S. The first kappa shape index (κ1) is 20.6. The highest BCUT2D eigenvalue weighted by molar-refractivity contribution is 7.14. The lowest BCUT2D eigenvalue weighted by atomic mass is 9.98. The number of amides is 2. The van der Waals surface area contributed by atoms with Crippen LogP contribution in [-0.4, -0.2) is 16.8 Å². The Hall–Kier alpha value is -3.13. The predicted octanol–water partition coefficient (Wildman–Crippen LogP) is 4.02. The molecule has 0 aliphatic carbocycles. The van der Waals surface area contributed by atoms with Crippen LogP contribution in [0.2, 0.25) is 0 Å². The van der Waals surface area contributed by atoms with E-state index < -0.39 is 29.5 Å². The normalized spacial score (nSPS) is 11.7. The van der Waals surface area contributed by atoms with Gasteiger partial charge in [0.1, 0.15) is 16.6 Å². The van der Waals surface area contributed by atoms with Crippen LogP contribution in [0.3, 0.4) is 0 Å². The van der Waals surface area contributed by atoms with E-state index in [9.17, 15) is 18.4 Å². The second kappa shape index (κ2) is 9.38. The maximum atomic E-state index is 13.7. The van der Waals surface area contributed by atoms with Crippen molar-refractivity contribution in [3.05, 3.63) is 82.5 Å². The number of aryl methyl sites for hydroxylation is 1. The number of rotatable bonds is 6. The van der Waals surface area contributed by atoms with Crippen LogP contribution < -0.4 is 10.6 Å². The molecular weight excluding hydrogens is 396 g/mol. The summed E-state index contributed by atoms with van der Waals surface area (Å²) in [6, 6.07) is 10.9. The minimum absolute atomic E-state index is 0.195. The zero-order chi connectivity index (χ0) is 20.8. The third kappa shape index (κ3) is 5.45. The minimum Gasteiger partial charge on any atom is -0.341 e. The number of benzene rings is 2. The Labute approximate surface area is 170 Å². The zero-order valence-electron chi connectivity index (χ0n) is 15.6. The number of carbonyl (C=O) groups is 2. The molecule has 0 aliphatic heterocycles. The molecule has 2 aromatic carbocycles. The average Bonchev–Trinajstić information content (AvgIpc) is 3.14. The second-order valence-electron chi connectivity index (χ2n) is 6.35. The van der Waals surface area contributed by atoms with Gasteiger partial charge in [0.05, 0.1) is 17.2 Å². The molecule has 8 heteroatoms. The number of nitrogens with zero attached hydrogens (tertiary/aromatic N) is 1. The Morgan fingerprint density at radius 1 is 1.07 bits per heavy atom. The fourth-order valence-corrected chi connectivity index (χ4v) is 3.65. The van der Waals surface area contributed by atoms with Crippen LogP contribution in [0.25, 0.3) is 0 Å². The quantitative estimate of drug-likeness (QED) is 0.598. The molecule has 2 N–H and O–H groups in total. The van der Waals surface area contributed by atoms with Crippen molar-refractivity contribution in [3.8, 4) is 0 Å². The average molecular weight is 415 g/mol. The molecule has 3 aromatic rings. The largest absolute Gasteiger partial charge is 0.341 e. The van der Waals surface area contributed by atoms with Crippen LogP contribution >= 0.6 is 11.3 Å². The standard InChI is InChI=1S/C21H19F2N3O2S/c1-2-17-21(29-12-24-17)26-20(28)19(27)25-18(14-6-4-8-16(23)11-14)10-13-5-3-7-15(22)9-13/h3-9,11-12,18H,2,10H2,1H3,(H,25,27)(H,26,28)/t18-/m0/s1. The van der Waals surface area contributed by atoms with Crippen LogP contribution in [0.1, 0.15) is 29.8 Å². The molecule has 0 bridgehead atoms. The van der Waals surface area contributed by atoms with Gasteiger partial charge < -0.3 is 10.6 Å². The fraction of sp³-hybridized carbons (Fsp3) is 0.190. The van der Waals surface area contributed by atoms with Crippen molar-refractivity contribution < 1.29 is 18.4 Å². The lowest BCUT2D eigenvalue weighted by Gasteiger charge is -2.19. The second-order valence-corrected chi connectivity index (χ2v) is 7.21. The predicted molar refractivity (Wildman–Crippen MR) is 108 cm³/mol. The van der Waals surface area contributed by atoms with Gasteiger partial charge in [-0.25, -0.2) is 13.8 Å². The summed E-state index contributed by atoms with van der Waals surface area (Å²) in [5.74, 6) is -2.60. The maximum absolute atomic E-state index is 13.7. The topological polar surface area (TPSA) is 71.1 Å². The van der Waals surface area contributed by atoms with Crippen LogP contribution in [0.4, 0.5) is 13.8 Å². The van der Waals surface area contributed by atoms with Gasteiger partial charge in [0.25, 0.3) is 0 Å². The molecule has 0 saturated heterocycles. The van der Waals surface area contributed by atoms with Gasteiger partial charge in [-0.2, -0.15) is 0 Å². The number of thiazole rings is 1. The van der Waals surface area contributed by atoms with Crippen molar-refractivity contribution in [2.24, 2.45) is 0 Å². The Morgan fingerprint density at radius 2 is 1.79 bits per heavy atom. The van der Waals surface area contributed by atoms with Crippen LogP contribution in [0, 0.1) is 11.6 Å². The molecule has 0 spiro atoms. The molecule has 1 heterocycles. The summed E-state index contributed by atoms with van der Waals surface area (Å²) in [4.78, 5) is 29.0.